The molecule has 0 radical (unpaired) electrons. The predicted octanol–water partition coefficient (Wildman–Crippen LogP) is 0.994. The number of hydrogen-bond donors (Lipinski definition) is 1. The Morgan fingerprint density at radius 3 is 2.91 bits per heavy atom. The smallest absolute Gasteiger partial charge is 0.0567 e. The molecule has 0 saturated carbocycles. The van der Waals surface area contributed by atoms with Gasteiger partial charge in [-0.05, 0) is 32.6 Å². The zero-order chi connectivity index (χ0) is 7.84. The van der Waals surface area contributed by atoms with Gasteiger partial charge in [0.15, 0.2) is 0 Å². The lowest BCUT2D eigenvalue weighted by molar-refractivity contribution is 0.0483. The van der Waals surface area contributed by atoms with E-state index in [4.69, 9.17) is 0 Å². The molecule has 2 fully saturated rings. The number of fused-ring (bicyclic) bond motifs is 1. The molecule has 0 aliphatic carbocycles. The molecule has 2 rings (SSSR count). The first-order valence-electron chi connectivity index (χ1n) is 4.71. The number of nitrogens with zero attached hydrogens (tertiary/aromatic N) is 1. The zero-order valence-electron chi connectivity index (χ0n) is 7.16. The molecule has 0 bridgehead atoms. The minimum absolute atomic E-state index is 0.0125. The third-order valence-corrected chi connectivity index (χ3v) is 3.22. The summed E-state index contributed by atoms with van der Waals surface area (Å²) in [5.41, 5.74) is 0. The van der Waals surface area contributed by atoms with Crippen LogP contribution in [0.25, 0.3) is 0 Å². The van der Waals surface area contributed by atoms with Crippen molar-refractivity contribution >= 4 is 0 Å². The van der Waals surface area contributed by atoms with Gasteiger partial charge in [0.25, 0.3) is 0 Å². The molecule has 0 spiro atoms. The summed E-state index contributed by atoms with van der Waals surface area (Å²) >= 11 is 0. The summed E-state index contributed by atoms with van der Waals surface area (Å²) in [5.74, 6) is 0. The van der Waals surface area contributed by atoms with Gasteiger partial charge in [0.05, 0.1) is 6.10 Å². The van der Waals surface area contributed by atoms with Crippen LogP contribution >= 0.6 is 0 Å². The Balaban J connectivity index is 2.00. The molecular weight excluding hydrogens is 138 g/mol. The van der Waals surface area contributed by atoms with Crippen molar-refractivity contribution in [2.45, 2.75) is 50.8 Å². The third-order valence-electron chi connectivity index (χ3n) is 3.22. The molecule has 0 aromatic heterocycles. The number of aliphatic hydroxyl groups is 1. The van der Waals surface area contributed by atoms with Gasteiger partial charge in [-0.15, -0.1) is 0 Å². The summed E-state index contributed by atoms with van der Waals surface area (Å²) < 4.78 is 0. The van der Waals surface area contributed by atoms with Crippen LogP contribution in [0.1, 0.15) is 32.6 Å². The molecule has 0 aromatic carbocycles. The van der Waals surface area contributed by atoms with Crippen LogP contribution < -0.4 is 0 Å². The first-order valence-corrected chi connectivity index (χ1v) is 4.71. The molecule has 2 aliphatic rings. The SMILES string of the molecule is CC1CCC2CC(O)CCN12. The van der Waals surface area contributed by atoms with Crippen LogP contribution in [-0.4, -0.2) is 34.7 Å². The van der Waals surface area contributed by atoms with Crippen molar-refractivity contribution in [1.29, 1.82) is 0 Å². The summed E-state index contributed by atoms with van der Waals surface area (Å²) in [4.78, 5) is 2.56. The van der Waals surface area contributed by atoms with Gasteiger partial charge in [-0.3, -0.25) is 4.90 Å². The van der Waals surface area contributed by atoms with Crippen LogP contribution in [0.4, 0.5) is 0 Å². The third kappa shape index (κ3) is 1.30. The van der Waals surface area contributed by atoms with Crippen LogP contribution in [0.5, 0.6) is 0 Å². The molecular formula is C9H17NO. The Morgan fingerprint density at radius 2 is 2.09 bits per heavy atom. The molecule has 2 heteroatoms. The van der Waals surface area contributed by atoms with Crippen LogP contribution in [0.15, 0.2) is 0 Å². The van der Waals surface area contributed by atoms with Gasteiger partial charge < -0.3 is 5.11 Å². The minimum atomic E-state index is -0.0125. The lowest BCUT2D eigenvalue weighted by atomic mass is 10.0. The van der Waals surface area contributed by atoms with E-state index in [9.17, 15) is 5.11 Å². The average Bonchev–Trinajstić information content (AvgIpc) is 2.32. The summed E-state index contributed by atoms with van der Waals surface area (Å²) in [6.45, 7) is 3.42. The van der Waals surface area contributed by atoms with Gasteiger partial charge in [0, 0.05) is 18.6 Å². The highest BCUT2D eigenvalue weighted by atomic mass is 16.3. The van der Waals surface area contributed by atoms with E-state index < -0.39 is 0 Å². The molecule has 2 heterocycles. The van der Waals surface area contributed by atoms with Gasteiger partial charge in [-0.25, -0.2) is 0 Å². The largest absolute Gasteiger partial charge is 0.393 e. The van der Waals surface area contributed by atoms with Gasteiger partial charge in [0.1, 0.15) is 0 Å². The Hall–Kier alpha value is -0.0800. The summed E-state index contributed by atoms with van der Waals surface area (Å²) in [6, 6.07) is 1.47. The van der Waals surface area contributed by atoms with E-state index in [1.54, 1.807) is 0 Å². The fourth-order valence-electron chi connectivity index (χ4n) is 2.51. The second-order valence-corrected chi connectivity index (χ2v) is 4.00. The van der Waals surface area contributed by atoms with Gasteiger partial charge in [-0.1, -0.05) is 0 Å². The fourth-order valence-corrected chi connectivity index (χ4v) is 2.51. The molecule has 3 atom stereocenters. The van der Waals surface area contributed by atoms with Gasteiger partial charge in [0.2, 0.25) is 0 Å². The molecule has 2 nitrogen and oxygen atoms in total. The number of hydrogen-bond acceptors (Lipinski definition) is 2. The van der Waals surface area contributed by atoms with Gasteiger partial charge >= 0.3 is 0 Å². The van der Waals surface area contributed by atoms with Crippen LogP contribution in [0.3, 0.4) is 0 Å². The second kappa shape index (κ2) is 2.76. The van der Waals surface area contributed by atoms with E-state index in [0.717, 1.165) is 25.4 Å². The first-order chi connectivity index (χ1) is 5.27. The Bertz CT molecular complexity index is 148. The lowest BCUT2D eigenvalue weighted by Gasteiger charge is -2.34. The van der Waals surface area contributed by atoms with Crippen LogP contribution in [0.2, 0.25) is 0 Å². The minimum Gasteiger partial charge on any atom is -0.393 e. The standard InChI is InChI=1S/C9H17NO/c1-7-2-3-8-6-9(11)4-5-10(7)8/h7-9,11H,2-6H2,1H3. The molecule has 11 heavy (non-hydrogen) atoms. The molecule has 0 amide bonds. The van der Waals surface area contributed by atoms with Crippen molar-refractivity contribution in [3.05, 3.63) is 0 Å². The van der Waals surface area contributed by atoms with E-state index in [-0.39, 0.29) is 6.10 Å². The maximum Gasteiger partial charge on any atom is 0.0567 e. The predicted molar refractivity (Wildman–Crippen MR) is 44.4 cm³/mol. The average molecular weight is 155 g/mol. The molecule has 3 unspecified atom stereocenters. The zero-order valence-corrected chi connectivity index (χ0v) is 7.16. The number of piperidine rings is 1. The van der Waals surface area contributed by atoms with Crippen molar-refractivity contribution in [1.82, 2.24) is 4.90 Å². The normalized spacial score (nSPS) is 45.8. The summed E-state index contributed by atoms with van der Waals surface area (Å²) in [7, 11) is 0. The summed E-state index contributed by atoms with van der Waals surface area (Å²) in [6.07, 6.45) is 4.63. The topological polar surface area (TPSA) is 23.5 Å². The van der Waals surface area contributed by atoms with E-state index in [0.29, 0.717) is 6.04 Å². The molecule has 1 N–H and O–H groups in total. The van der Waals surface area contributed by atoms with Gasteiger partial charge in [-0.2, -0.15) is 0 Å². The van der Waals surface area contributed by atoms with Crippen molar-refractivity contribution < 1.29 is 5.11 Å². The maximum atomic E-state index is 9.42. The van der Waals surface area contributed by atoms with E-state index >= 15 is 0 Å². The van der Waals surface area contributed by atoms with E-state index in [1.807, 2.05) is 0 Å². The van der Waals surface area contributed by atoms with Crippen LogP contribution in [-0.2, 0) is 0 Å². The highest BCUT2D eigenvalue weighted by Gasteiger charge is 2.34. The monoisotopic (exact) mass is 155 g/mol. The Labute approximate surface area is 68.2 Å². The Morgan fingerprint density at radius 1 is 1.27 bits per heavy atom. The molecule has 0 aromatic rings. The quantitative estimate of drug-likeness (QED) is 0.564. The maximum absolute atomic E-state index is 9.42. The second-order valence-electron chi connectivity index (χ2n) is 4.00. The first kappa shape index (κ1) is 7.56. The Kier molecular flexibility index (Phi) is 1.90. The number of aliphatic hydroxyl groups excluding tert-OH is 1. The van der Waals surface area contributed by atoms with Crippen molar-refractivity contribution in [2.75, 3.05) is 6.54 Å². The fraction of sp³-hybridized carbons (Fsp3) is 1.00. The van der Waals surface area contributed by atoms with E-state index in [1.165, 1.54) is 12.8 Å². The molecule has 64 valence electrons. The molecule has 2 saturated heterocycles. The van der Waals surface area contributed by atoms with Crippen molar-refractivity contribution in [3.63, 3.8) is 0 Å². The lowest BCUT2D eigenvalue weighted by Crippen LogP contribution is -2.43. The van der Waals surface area contributed by atoms with Crippen molar-refractivity contribution in [2.24, 2.45) is 0 Å². The summed E-state index contributed by atoms with van der Waals surface area (Å²) in [5, 5.41) is 9.42. The number of rotatable bonds is 0. The van der Waals surface area contributed by atoms with E-state index in [2.05, 4.69) is 11.8 Å². The molecule has 2 aliphatic heterocycles. The highest BCUT2D eigenvalue weighted by molar-refractivity contribution is 4.90. The van der Waals surface area contributed by atoms with Crippen molar-refractivity contribution in [3.8, 4) is 0 Å². The highest BCUT2D eigenvalue weighted by Crippen LogP contribution is 2.30. The van der Waals surface area contributed by atoms with Crippen LogP contribution in [0, 0.1) is 0 Å².